The second-order valence-corrected chi connectivity index (χ2v) is 8.53. The number of thiazole rings is 1. The van der Waals surface area contributed by atoms with Crippen LogP contribution in [0.25, 0.3) is 10.2 Å². The maximum Gasteiger partial charge on any atom is 0.286 e. The van der Waals surface area contributed by atoms with Crippen molar-refractivity contribution in [1.82, 2.24) is 9.88 Å². The van der Waals surface area contributed by atoms with Gasteiger partial charge in [-0.2, -0.15) is 0 Å². The maximum atomic E-state index is 13.8. The fraction of sp³-hybridized carbons (Fsp3) is 0.417. The molecular formula is C24H31ClN4O6S. The fourth-order valence-electron chi connectivity index (χ4n) is 3.67. The van der Waals surface area contributed by atoms with Crippen molar-refractivity contribution >= 4 is 50.7 Å². The van der Waals surface area contributed by atoms with Gasteiger partial charge in [-0.05, 0) is 38.2 Å². The van der Waals surface area contributed by atoms with Gasteiger partial charge in [-0.25, -0.2) is 4.98 Å². The van der Waals surface area contributed by atoms with E-state index >= 15 is 0 Å². The first kappa shape index (κ1) is 29.1. The quantitative estimate of drug-likeness (QED) is 0.233. The lowest BCUT2D eigenvalue weighted by Crippen LogP contribution is -2.39. The number of nitro benzene ring substituents is 1. The van der Waals surface area contributed by atoms with Crippen LogP contribution in [0.2, 0.25) is 0 Å². The van der Waals surface area contributed by atoms with Crippen LogP contribution in [0.5, 0.6) is 17.2 Å². The molecule has 1 amide bonds. The van der Waals surface area contributed by atoms with Crippen LogP contribution in [0.4, 0.5) is 10.8 Å². The summed E-state index contributed by atoms with van der Waals surface area (Å²) < 4.78 is 17.0. The lowest BCUT2D eigenvalue weighted by atomic mass is 10.1. The summed E-state index contributed by atoms with van der Waals surface area (Å²) in [6.45, 7) is 9.05. The zero-order valence-corrected chi connectivity index (χ0v) is 22.6. The van der Waals surface area contributed by atoms with Gasteiger partial charge in [0.1, 0.15) is 11.3 Å². The zero-order chi connectivity index (χ0) is 25.5. The van der Waals surface area contributed by atoms with E-state index in [1.54, 1.807) is 0 Å². The molecule has 0 aliphatic rings. The zero-order valence-electron chi connectivity index (χ0n) is 21.0. The number of amides is 1. The Labute approximate surface area is 220 Å². The average molecular weight is 539 g/mol. The number of carbonyl (C=O) groups is 1. The standard InChI is InChI=1S/C24H30N4O6S.ClH/c1-6-26(7-2)11-12-27(24-25-18-10-9-16(34-8-3)13-22(18)35-24)23(29)17-14-20(32-4)21(33-5)15-19(17)28(30)31;/h9-10,13-15H,6-8,11-12H2,1-5H3;1H. The lowest BCUT2D eigenvalue weighted by Gasteiger charge is -2.25. The van der Waals surface area contributed by atoms with Gasteiger partial charge in [0, 0.05) is 19.2 Å². The molecule has 1 heterocycles. The molecule has 0 spiro atoms. The highest BCUT2D eigenvalue weighted by atomic mass is 35.5. The summed E-state index contributed by atoms with van der Waals surface area (Å²) in [5, 5.41) is 12.3. The second kappa shape index (κ2) is 13.2. The molecule has 0 N–H and O–H groups in total. The molecule has 0 radical (unpaired) electrons. The second-order valence-electron chi connectivity index (χ2n) is 7.52. The van der Waals surface area contributed by atoms with Gasteiger partial charge in [0.25, 0.3) is 11.6 Å². The van der Waals surface area contributed by atoms with Gasteiger partial charge < -0.3 is 19.1 Å². The minimum absolute atomic E-state index is 0. The summed E-state index contributed by atoms with van der Waals surface area (Å²) in [6.07, 6.45) is 0. The van der Waals surface area contributed by atoms with Gasteiger partial charge in [-0.3, -0.25) is 19.8 Å². The van der Waals surface area contributed by atoms with Crippen LogP contribution in [-0.2, 0) is 0 Å². The van der Waals surface area contributed by atoms with Crippen molar-refractivity contribution < 1.29 is 23.9 Å². The van der Waals surface area contributed by atoms with Gasteiger partial charge in [0.15, 0.2) is 16.6 Å². The van der Waals surface area contributed by atoms with Gasteiger partial charge in [0.05, 0.1) is 42.0 Å². The van der Waals surface area contributed by atoms with E-state index in [0.717, 1.165) is 23.3 Å². The predicted molar refractivity (Wildman–Crippen MR) is 144 cm³/mol. The summed E-state index contributed by atoms with van der Waals surface area (Å²) in [4.78, 5) is 33.4. The van der Waals surface area contributed by atoms with E-state index in [1.165, 1.54) is 42.6 Å². The van der Waals surface area contributed by atoms with E-state index in [-0.39, 0.29) is 35.2 Å². The number of hydrogen-bond acceptors (Lipinski definition) is 9. The molecule has 2 aromatic carbocycles. The molecule has 10 nitrogen and oxygen atoms in total. The summed E-state index contributed by atoms with van der Waals surface area (Å²) >= 11 is 1.34. The minimum atomic E-state index is -0.593. The molecule has 3 aromatic rings. The third kappa shape index (κ3) is 6.34. The summed E-state index contributed by atoms with van der Waals surface area (Å²) in [6, 6.07) is 8.11. The number of hydrogen-bond donors (Lipinski definition) is 0. The van der Waals surface area contributed by atoms with Crippen LogP contribution in [0, 0.1) is 10.1 Å². The molecule has 36 heavy (non-hydrogen) atoms. The van der Waals surface area contributed by atoms with Crippen molar-refractivity contribution in [2.24, 2.45) is 0 Å². The number of anilines is 1. The van der Waals surface area contributed by atoms with Crippen LogP contribution < -0.4 is 19.1 Å². The Morgan fingerprint density at radius 2 is 1.72 bits per heavy atom. The van der Waals surface area contributed by atoms with E-state index in [2.05, 4.69) is 9.88 Å². The lowest BCUT2D eigenvalue weighted by molar-refractivity contribution is -0.385. The Morgan fingerprint density at radius 3 is 2.31 bits per heavy atom. The number of nitrogens with zero attached hydrogens (tertiary/aromatic N) is 4. The average Bonchev–Trinajstić information content (AvgIpc) is 3.28. The number of rotatable bonds is 12. The predicted octanol–water partition coefficient (Wildman–Crippen LogP) is 5.03. The van der Waals surface area contributed by atoms with Crippen molar-refractivity contribution in [2.45, 2.75) is 20.8 Å². The molecule has 0 unspecified atom stereocenters. The summed E-state index contributed by atoms with van der Waals surface area (Å²) in [5.74, 6) is 0.588. The Bertz CT molecular complexity index is 1200. The van der Waals surface area contributed by atoms with Crippen molar-refractivity contribution in [2.75, 3.05) is 51.9 Å². The first-order chi connectivity index (χ1) is 16.9. The number of ether oxygens (including phenoxy) is 3. The van der Waals surface area contributed by atoms with Crippen LogP contribution >= 0.6 is 23.7 Å². The maximum absolute atomic E-state index is 13.8. The number of aromatic nitrogens is 1. The first-order valence-corrected chi connectivity index (χ1v) is 12.2. The SMILES string of the molecule is CCOc1ccc2nc(N(CCN(CC)CC)C(=O)c3cc(OC)c(OC)cc3[N+](=O)[O-])sc2c1.Cl. The van der Waals surface area contributed by atoms with Crippen molar-refractivity contribution in [3.05, 3.63) is 46.0 Å². The monoisotopic (exact) mass is 538 g/mol. The number of likely N-dealkylation sites (N-methyl/N-ethyl adjacent to an activating group) is 1. The number of halogens is 1. The Hall–Kier alpha value is -3.15. The first-order valence-electron chi connectivity index (χ1n) is 11.3. The number of methoxy groups -OCH3 is 2. The Morgan fingerprint density at radius 1 is 1.06 bits per heavy atom. The van der Waals surface area contributed by atoms with E-state index in [0.29, 0.717) is 30.6 Å². The number of carbonyl (C=O) groups excluding carboxylic acids is 1. The fourth-order valence-corrected chi connectivity index (χ4v) is 4.68. The number of nitro groups is 1. The molecule has 0 atom stereocenters. The largest absolute Gasteiger partial charge is 0.494 e. The molecule has 0 saturated heterocycles. The van der Waals surface area contributed by atoms with Crippen molar-refractivity contribution in [1.29, 1.82) is 0 Å². The van der Waals surface area contributed by atoms with Crippen LogP contribution in [0.3, 0.4) is 0 Å². The highest BCUT2D eigenvalue weighted by Gasteiger charge is 2.30. The molecule has 1 aromatic heterocycles. The number of benzene rings is 2. The Balaban J connectivity index is 0.00000456. The van der Waals surface area contributed by atoms with Crippen molar-refractivity contribution in [3.8, 4) is 17.2 Å². The smallest absolute Gasteiger partial charge is 0.286 e. The van der Waals surface area contributed by atoms with Crippen LogP contribution in [0.15, 0.2) is 30.3 Å². The number of fused-ring (bicyclic) bond motifs is 1. The molecule has 0 aliphatic carbocycles. The van der Waals surface area contributed by atoms with Gasteiger partial charge in [0.2, 0.25) is 0 Å². The highest BCUT2D eigenvalue weighted by Crippen LogP contribution is 2.37. The molecule has 0 bridgehead atoms. The van der Waals surface area contributed by atoms with E-state index in [4.69, 9.17) is 14.2 Å². The third-order valence-electron chi connectivity index (χ3n) is 5.60. The normalized spacial score (nSPS) is 10.7. The molecule has 12 heteroatoms. The molecule has 0 saturated carbocycles. The molecular weight excluding hydrogens is 508 g/mol. The molecule has 0 aliphatic heterocycles. The van der Waals surface area contributed by atoms with Gasteiger partial charge in [-0.15, -0.1) is 12.4 Å². The van der Waals surface area contributed by atoms with Crippen LogP contribution in [-0.4, -0.2) is 67.7 Å². The minimum Gasteiger partial charge on any atom is -0.494 e. The summed E-state index contributed by atoms with van der Waals surface area (Å²) in [7, 11) is 2.80. The Kier molecular flexibility index (Phi) is 10.7. The van der Waals surface area contributed by atoms with E-state index in [9.17, 15) is 14.9 Å². The topological polar surface area (TPSA) is 107 Å². The van der Waals surface area contributed by atoms with Gasteiger partial charge >= 0.3 is 0 Å². The third-order valence-corrected chi connectivity index (χ3v) is 6.64. The van der Waals surface area contributed by atoms with Crippen LogP contribution in [0.1, 0.15) is 31.1 Å². The summed E-state index contributed by atoms with van der Waals surface area (Å²) in [5.41, 5.74) is 0.262. The highest BCUT2D eigenvalue weighted by molar-refractivity contribution is 7.22. The molecule has 0 fully saturated rings. The van der Waals surface area contributed by atoms with Gasteiger partial charge in [-0.1, -0.05) is 25.2 Å². The van der Waals surface area contributed by atoms with E-state index in [1.807, 2.05) is 39.0 Å². The molecule has 196 valence electrons. The molecule has 3 rings (SSSR count). The van der Waals surface area contributed by atoms with E-state index < -0.39 is 10.8 Å². The van der Waals surface area contributed by atoms with Crippen molar-refractivity contribution in [3.63, 3.8) is 0 Å².